The predicted molar refractivity (Wildman–Crippen MR) is 122 cm³/mol. The second-order valence-electron chi connectivity index (χ2n) is 6.86. The molecule has 0 aliphatic carbocycles. The van der Waals surface area contributed by atoms with Crippen molar-refractivity contribution >= 4 is 46.3 Å². The normalized spacial score (nSPS) is 12.6. The number of fused-ring (bicyclic) bond motifs is 2. The van der Waals surface area contributed by atoms with Gasteiger partial charge in [-0.1, -0.05) is 41.6 Å². The minimum Gasteiger partial charge on any atom is -0.508 e. The number of phenolic OH excluding ortho intramolecular Hbond substituents is 1. The van der Waals surface area contributed by atoms with Crippen LogP contribution in [-0.2, 0) is 6.42 Å². The Morgan fingerprint density at radius 2 is 1.87 bits per heavy atom. The highest BCUT2D eigenvalue weighted by Gasteiger charge is 2.20. The lowest BCUT2D eigenvalue weighted by molar-refractivity contribution is 0.102. The SMILES string of the molecule is O=C1Nc2cc(Cc3cnc(-c4ccc(O)cc4Cl)s3)ccc2Sc2ccccc21. The maximum Gasteiger partial charge on any atom is 0.256 e. The van der Waals surface area contributed by atoms with Crippen molar-refractivity contribution in [3.8, 4) is 16.3 Å². The van der Waals surface area contributed by atoms with Crippen LogP contribution < -0.4 is 5.32 Å². The lowest BCUT2D eigenvalue weighted by atomic mass is 10.1. The molecule has 7 heteroatoms. The third-order valence-corrected chi connectivity index (χ3v) is 7.25. The molecule has 0 saturated carbocycles. The fraction of sp³-hybridized carbons (Fsp3) is 0.0435. The van der Waals surface area contributed by atoms with E-state index < -0.39 is 0 Å². The van der Waals surface area contributed by atoms with Crippen molar-refractivity contribution in [2.75, 3.05) is 5.32 Å². The first kappa shape index (κ1) is 19.2. The van der Waals surface area contributed by atoms with Crippen LogP contribution in [0.4, 0.5) is 5.69 Å². The number of halogens is 1. The van der Waals surface area contributed by atoms with Crippen LogP contribution in [0.3, 0.4) is 0 Å². The van der Waals surface area contributed by atoms with E-state index in [1.807, 2.05) is 36.5 Å². The number of amides is 1. The van der Waals surface area contributed by atoms with Crippen LogP contribution in [0.15, 0.2) is 76.7 Å². The molecule has 1 aromatic heterocycles. The summed E-state index contributed by atoms with van der Waals surface area (Å²) in [6.45, 7) is 0. The summed E-state index contributed by atoms with van der Waals surface area (Å²) in [5.74, 6) is 0.0450. The second-order valence-corrected chi connectivity index (χ2v) is 9.46. The Hall–Kier alpha value is -2.80. The maximum atomic E-state index is 12.6. The number of aromatic hydroxyl groups is 1. The fourth-order valence-electron chi connectivity index (χ4n) is 3.32. The van der Waals surface area contributed by atoms with Gasteiger partial charge in [-0.25, -0.2) is 4.98 Å². The summed E-state index contributed by atoms with van der Waals surface area (Å²) in [6.07, 6.45) is 2.55. The molecule has 2 N–H and O–H groups in total. The fourth-order valence-corrected chi connectivity index (χ4v) is 5.63. The average molecular weight is 451 g/mol. The van der Waals surface area contributed by atoms with Crippen LogP contribution in [0.5, 0.6) is 5.75 Å². The van der Waals surface area contributed by atoms with Gasteiger partial charge < -0.3 is 10.4 Å². The van der Waals surface area contributed by atoms with Crippen LogP contribution in [-0.4, -0.2) is 16.0 Å². The van der Waals surface area contributed by atoms with E-state index in [9.17, 15) is 9.90 Å². The number of carbonyl (C=O) groups excluding carboxylic acids is 1. The number of rotatable bonds is 3. The lowest BCUT2D eigenvalue weighted by Gasteiger charge is -2.08. The van der Waals surface area contributed by atoms with E-state index in [1.54, 1.807) is 35.2 Å². The molecule has 2 heterocycles. The molecule has 0 spiro atoms. The number of benzene rings is 3. The van der Waals surface area contributed by atoms with Crippen molar-refractivity contribution in [1.29, 1.82) is 0 Å². The monoisotopic (exact) mass is 450 g/mol. The number of thiazole rings is 1. The number of hydrogen-bond acceptors (Lipinski definition) is 5. The molecule has 0 unspecified atom stereocenters. The van der Waals surface area contributed by atoms with Crippen LogP contribution in [0.2, 0.25) is 5.02 Å². The van der Waals surface area contributed by atoms with E-state index in [2.05, 4.69) is 22.4 Å². The summed E-state index contributed by atoms with van der Waals surface area (Å²) in [7, 11) is 0. The second kappa shape index (κ2) is 7.80. The maximum absolute atomic E-state index is 12.6. The molecule has 0 bridgehead atoms. The Morgan fingerprint density at radius 1 is 1.00 bits per heavy atom. The third kappa shape index (κ3) is 3.69. The quantitative estimate of drug-likeness (QED) is 0.375. The smallest absolute Gasteiger partial charge is 0.256 e. The predicted octanol–water partition coefficient (Wildman–Crippen LogP) is 6.48. The first-order chi connectivity index (χ1) is 14.6. The number of nitrogens with zero attached hydrogens (tertiary/aromatic N) is 1. The zero-order valence-electron chi connectivity index (χ0n) is 15.6. The van der Waals surface area contributed by atoms with Gasteiger partial charge in [-0.3, -0.25) is 4.79 Å². The van der Waals surface area contributed by atoms with Gasteiger partial charge in [0.2, 0.25) is 0 Å². The number of nitrogens with one attached hydrogen (secondary N) is 1. The topological polar surface area (TPSA) is 62.2 Å². The molecular formula is C23H15ClN2O2S2. The Kier molecular flexibility index (Phi) is 4.98. The zero-order chi connectivity index (χ0) is 20.7. The lowest BCUT2D eigenvalue weighted by Crippen LogP contribution is -2.11. The standard InChI is InChI=1S/C23H15ClN2O2S2/c24-18-11-14(27)6-7-16(18)23-25-12-15(29-23)9-13-5-8-21-19(10-13)26-22(28)17-3-1-2-4-20(17)30-21/h1-8,10-12,27H,9H2,(H,26,28). The molecule has 0 fully saturated rings. The van der Waals surface area contributed by atoms with Crippen LogP contribution in [0.1, 0.15) is 20.8 Å². The first-order valence-electron chi connectivity index (χ1n) is 9.21. The highest BCUT2D eigenvalue weighted by Crippen LogP contribution is 2.40. The Balaban J connectivity index is 1.40. The van der Waals surface area contributed by atoms with Gasteiger partial charge in [0.15, 0.2) is 0 Å². The van der Waals surface area contributed by atoms with E-state index in [-0.39, 0.29) is 11.7 Å². The van der Waals surface area contributed by atoms with E-state index in [0.717, 1.165) is 36.5 Å². The molecule has 0 atom stereocenters. The molecule has 4 nitrogen and oxygen atoms in total. The van der Waals surface area contributed by atoms with Gasteiger partial charge in [0.05, 0.1) is 16.3 Å². The third-order valence-electron chi connectivity index (χ3n) is 4.76. The number of carbonyl (C=O) groups is 1. The van der Waals surface area contributed by atoms with E-state index >= 15 is 0 Å². The Labute approximate surface area is 186 Å². The van der Waals surface area contributed by atoms with Gasteiger partial charge >= 0.3 is 0 Å². The minimum atomic E-state index is -0.0870. The summed E-state index contributed by atoms with van der Waals surface area (Å²) >= 11 is 9.41. The average Bonchev–Trinajstić information content (AvgIpc) is 3.12. The molecule has 1 amide bonds. The van der Waals surface area contributed by atoms with Crippen molar-refractivity contribution in [2.45, 2.75) is 16.2 Å². The van der Waals surface area contributed by atoms with Crippen molar-refractivity contribution in [2.24, 2.45) is 0 Å². The molecule has 5 rings (SSSR count). The molecular weight excluding hydrogens is 436 g/mol. The van der Waals surface area contributed by atoms with Crippen molar-refractivity contribution in [3.63, 3.8) is 0 Å². The van der Waals surface area contributed by atoms with Crippen LogP contribution >= 0.6 is 34.7 Å². The summed E-state index contributed by atoms with van der Waals surface area (Å²) in [5.41, 5.74) is 3.41. The Bertz CT molecular complexity index is 1290. The van der Waals surface area contributed by atoms with Gasteiger partial charge in [-0.05, 0) is 48.0 Å². The first-order valence-corrected chi connectivity index (χ1v) is 11.2. The molecule has 0 saturated heterocycles. The number of aromatic nitrogens is 1. The summed E-state index contributed by atoms with van der Waals surface area (Å²) in [5, 5.41) is 13.9. The van der Waals surface area contributed by atoms with E-state index in [4.69, 9.17) is 11.6 Å². The highest BCUT2D eigenvalue weighted by atomic mass is 35.5. The van der Waals surface area contributed by atoms with Gasteiger partial charge in [0.25, 0.3) is 5.91 Å². The molecule has 0 radical (unpaired) electrons. The minimum absolute atomic E-state index is 0.0870. The molecule has 3 aromatic carbocycles. The van der Waals surface area contributed by atoms with Gasteiger partial charge in [0, 0.05) is 32.8 Å². The summed E-state index contributed by atoms with van der Waals surface area (Å²) in [6, 6.07) is 18.7. The molecule has 1 aliphatic heterocycles. The summed E-state index contributed by atoms with van der Waals surface area (Å²) in [4.78, 5) is 20.2. The molecule has 1 aliphatic rings. The molecule has 30 heavy (non-hydrogen) atoms. The molecule has 4 aromatic rings. The molecule has 148 valence electrons. The zero-order valence-corrected chi connectivity index (χ0v) is 17.9. The van der Waals surface area contributed by atoms with Crippen molar-refractivity contribution < 1.29 is 9.90 Å². The number of hydrogen-bond donors (Lipinski definition) is 2. The van der Waals surface area contributed by atoms with Gasteiger partial charge in [0.1, 0.15) is 10.8 Å². The van der Waals surface area contributed by atoms with Crippen molar-refractivity contribution in [3.05, 3.63) is 87.9 Å². The number of phenols is 1. The Morgan fingerprint density at radius 3 is 2.73 bits per heavy atom. The van der Waals surface area contributed by atoms with E-state index in [1.165, 1.54) is 6.07 Å². The van der Waals surface area contributed by atoms with Crippen LogP contribution in [0.25, 0.3) is 10.6 Å². The summed E-state index contributed by atoms with van der Waals surface area (Å²) < 4.78 is 0. The largest absolute Gasteiger partial charge is 0.508 e. The highest BCUT2D eigenvalue weighted by molar-refractivity contribution is 7.99. The van der Waals surface area contributed by atoms with Gasteiger partial charge in [-0.2, -0.15) is 0 Å². The van der Waals surface area contributed by atoms with Crippen molar-refractivity contribution in [1.82, 2.24) is 4.98 Å². The number of anilines is 1. The van der Waals surface area contributed by atoms with Crippen LogP contribution in [0, 0.1) is 0 Å². The van der Waals surface area contributed by atoms with Gasteiger partial charge in [-0.15, -0.1) is 11.3 Å². The van der Waals surface area contributed by atoms with E-state index in [0.29, 0.717) is 17.0 Å².